The Morgan fingerprint density at radius 3 is 2.58 bits per heavy atom. The van der Waals surface area contributed by atoms with Gasteiger partial charge in [0.05, 0.1) is 25.5 Å². The van der Waals surface area contributed by atoms with Crippen LogP contribution in [0.5, 0.6) is 5.88 Å². The molecule has 2 aliphatic heterocycles. The minimum Gasteiger partial charge on any atom is -0.476 e. The van der Waals surface area contributed by atoms with Crippen LogP contribution in [0.3, 0.4) is 0 Å². The number of fused-ring (bicyclic) bond motifs is 1. The van der Waals surface area contributed by atoms with Gasteiger partial charge in [-0.2, -0.15) is 22.1 Å². The van der Waals surface area contributed by atoms with E-state index in [1.807, 2.05) is 6.07 Å². The van der Waals surface area contributed by atoms with Gasteiger partial charge in [0.25, 0.3) is 10.2 Å². The number of piperidine rings is 1. The summed E-state index contributed by atoms with van der Waals surface area (Å²) >= 11 is 0. The average Bonchev–Trinajstić information content (AvgIpc) is 3.15. The second kappa shape index (κ2) is 7.75. The fourth-order valence-electron chi connectivity index (χ4n) is 3.83. The molecule has 3 heterocycles. The predicted molar refractivity (Wildman–Crippen MR) is 95.2 cm³/mol. The summed E-state index contributed by atoms with van der Waals surface area (Å²) in [4.78, 5) is 0. The van der Waals surface area contributed by atoms with Crippen molar-refractivity contribution in [1.29, 1.82) is 0 Å². The van der Waals surface area contributed by atoms with Gasteiger partial charge in [0, 0.05) is 32.2 Å². The van der Waals surface area contributed by atoms with E-state index in [1.54, 1.807) is 4.31 Å². The van der Waals surface area contributed by atoms with Crippen molar-refractivity contribution in [2.75, 3.05) is 46.0 Å². The van der Waals surface area contributed by atoms with E-state index in [9.17, 15) is 8.42 Å². The van der Waals surface area contributed by atoms with Crippen molar-refractivity contribution in [3.63, 3.8) is 0 Å². The number of hydrogen-bond acceptors (Lipinski definition) is 6. The molecule has 9 heteroatoms. The quantitative estimate of drug-likeness (QED) is 0.743. The van der Waals surface area contributed by atoms with E-state index in [2.05, 4.69) is 10.2 Å². The van der Waals surface area contributed by atoms with Crippen molar-refractivity contribution >= 4 is 10.2 Å². The molecule has 2 saturated heterocycles. The van der Waals surface area contributed by atoms with Crippen LogP contribution >= 0.6 is 0 Å². The molecule has 3 aliphatic rings. The summed E-state index contributed by atoms with van der Waals surface area (Å²) in [6.07, 6.45) is 4.82. The molecule has 4 rings (SSSR count). The Bertz CT molecular complexity index is 728. The maximum Gasteiger partial charge on any atom is 0.282 e. The maximum atomic E-state index is 12.7. The normalized spacial score (nSPS) is 23.1. The molecule has 0 aromatic carbocycles. The summed E-state index contributed by atoms with van der Waals surface area (Å²) in [5.74, 6) is 0.940. The molecule has 0 spiro atoms. The fraction of sp³-hybridized carbons (Fsp3) is 0.765. The van der Waals surface area contributed by atoms with Gasteiger partial charge in [0.1, 0.15) is 0 Å². The van der Waals surface area contributed by atoms with E-state index in [1.165, 1.54) is 9.87 Å². The summed E-state index contributed by atoms with van der Waals surface area (Å²) in [6.45, 7) is 3.51. The highest BCUT2D eigenvalue weighted by atomic mass is 32.2. The van der Waals surface area contributed by atoms with Gasteiger partial charge in [-0.15, -0.1) is 5.10 Å². The lowest BCUT2D eigenvalue weighted by atomic mass is 9.99. The van der Waals surface area contributed by atoms with Crippen LogP contribution in [0.15, 0.2) is 6.07 Å². The summed E-state index contributed by atoms with van der Waals surface area (Å²) in [5.41, 5.74) is 2.35. The Kier molecular flexibility index (Phi) is 5.40. The minimum atomic E-state index is -3.36. The van der Waals surface area contributed by atoms with E-state index < -0.39 is 10.2 Å². The number of aryl methyl sites for hydroxylation is 2. The molecule has 1 aromatic heterocycles. The molecule has 0 atom stereocenters. The molecule has 144 valence electrons. The number of aromatic nitrogens is 2. The standard InChI is InChI=1S/C17H26N4O4S/c22-26(23,21-8-10-24-11-9-21)20-6-4-14(5-7-20)13-25-17-12-15-2-1-3-16(15)18-19-17/h12,14H,1-11,13H2. The first-order chi connectivity index (χ1) is 12.6. The largest absolute Gasteiger partial charge is 0.476 e. The van der Waals surface area contributed by atoms with E-state index in [-0.39, 0.29) is 0 Å². The van der Waals surface area contributed by atoms with Crippen LogP contribution in [0.2, 0.25) is 0 Å². The molecular formula is C17H26N4O4S. The lowest BCUT2D eigenvalue weighted by molar-refractivity contribution is 0.0688. The van der Waals surface area contributed by atoms with Gasteiger partial charge in [0.2, 0.25) is 5.88 Å². The van der Waals surface area contributed by atoms with Gasteiger partial charge in [-0.3, -0.25) is 0 Å². The molecule has 0 amide bonds. The Morgan fingerprint density at radius 2 is 1.81 bits per heavy atom. The molecule has 1 aromatic rings. The van der Waals surface area contributed by atoms with Gasteiger partial charge in [-0.25, -0.2) is 0 Å². The second-order valence-electron chi connectivity index (χ2n) is 7.18. The Hall–Kier alpha value is -1.29. The smallest absolute Gasteiger partial charge is 0.282 e. The fourth-order valence-corrected chi connectivity index (χ4v) is 5.44. The first kappa shape index (κ1) is 18.1. The van der Waals surface area contributed by atoms with Crippen LogP contribution in [0.1, 0.15) is 30.5 Å². The molecule has 0 unspecified atom stereocenters. The molecule has 26 heavy (non-hydrogen) atoms. The van der Waals surface area contributed by atoms with Crippen LogP contribution in [-0.2, 0) is 27.8 Å². The van der Waals surface area contributed by atoms with Crippen molar-refractivity contribution in [2.24, 2.45) is 5.92 Å². The van der Waals surface area contributed by atoms with Crippen LogP contribution in [0, 0.1) is 5.92 Å². The first-order valence-electron chi connectivity index (χ1n) is 9.44. The molecule has 0 saturated carbocycles. The molecule has 8 nitrogen and oxygen atoms in total. The van der Waals surface area contributed by atoms with Crippen molar-refractivity contribution in [3.05, 3.63) is 17.3 Å². The van der Waals surface area contributed by atoms with E-state index in [0.717, 1.165) is 37.8 Å². The summed E-state index contributed by atoms with van der Waals surface area (Å²) in [6, 6.07) is 2.01. The lowest BCUT2D eigenvalue weighted by Gasteiger charge is -2.36. The van der Waals surface area contributed by atoms with Gasteiger partial charge < -0.3 is 9.47 Å². The van der Waals surface area contributed by atoms with Gasteiger partial charge in [-0.05, 0) is 43.6 Å². The molecule has 2 fully saturated rings. The first-order valence-corrected chi connectivity index (χ1v) is 10.8. The van der Waals surface area contributed by atoms with Gasteiger partial charge >= 0.3 is 0 Å². The van der Waals surface area contributed by atoms with Crippen LogP contribution in [0.25, 0.3) is 0 Å². The monoisotopic (exact) mass is 382 g/mol. The summed E-state index contributed by atoms with van der Waals surface area (Å²) < 4.78 is 39.6. The zero-order chi connectivity index (χ0) is 18.0. The van der Waals surface area contributed by atoms with Gasteiger partial charge in [0.15, 0.2) is 0 Å². The third-order valence-corrected chi connectivity index (χ3v) is 7.50. The number of hydrogen-bond donors (Lipinski definition) is 0. The van der Waals surface area contributed by atoms with Crippen LogP contribution < -0.4 is 4.74 Å². The number of morpholine rings is 1. The minimum absolute atomic E-state index is 0.348. The Morgan fingerprint density at radius 1 is 1.08 bits per heavy atom. The Labute approximate surface area is 154 Å². The molecule has 1 aliphatic carbocycles. The van der Waals surface area contributed by atoms with Crippen molar-refractivity contribution in [1.82, 2.24) is 18.8 Å². The number of ether oxygens (including phenoxy) is 2. The van der Waals surface area contributed by atoms with Crippen molar-refractivity contribution in [3.8, 4) is 5.88 Å². The van der Waals surface area contributed by atoms with Crippen molar-refractivity contribution in [2.45, 2.75) is 32.1 Å². The van der Waals surface area contributed by atoms with Gasteiger partial charge in [-0.1, -0.05) is 0 Å². The van der Waals surface area contributed by atoms with Crippen LogP contribution in [-0.4, -0.2) is 73.2 Å². The molecular weight excluding hydrogens is 356 g/mol. The summed E-state index contributed by atoms with van der Waals surface area (Å²) in [5, 5.41) is 8.39. The highest BCUT2D eigenvalue weighted by Crippen LogP contribution is 2.25. The zero-order valence-corrected chi connectivity index (χ0v) is 15.8. The number of rotatable bonds is 5. The average molecular weight is 382 g/mol. The third-order valence-electron chi connectivity index (χ3n) is 5.46. The SMILES string of the molecule is O=S(=O)(N1CCOCC1)N1CCC(COc2cc3c(nn2)CCC3)CC1. The maximum absolute atomic E-state index is 12.7. The molecule has 0 N–H and O–H groups in total. The topological polar surface area (TPSA) is 84.9 Å². The van der Waals surface area contributed by atoms with Crippen LogP contribution in [0.4, 0.5) is 0 Å². The molecule has 0 radical (unpaired) electrons. The van der Waals surface area contributed by atoms with Crippen molar-refractivity contribution < 1.29 is 17.9 Å². The predicted octanol–water partition coefficient (Wildman–Crippen LogP) is 0.633. The second-order valence-corrected chi connectivity index (χ2v) is 9.11. The Balaban J connectivity index is 1.27. The zero-order valence-electron chi connectivity index (χ0n) is 15.0. The van der Waals surface area contributed by atoms with E-state index in [4.69, 9.17) is 9.47 Å². The molecule has 0 bridgehead atoms. The van der Waals surface area contributed by atoms with E-state index in [0.29, 0.717) is 57.8 Å². The lowest BCUT2D eigenvalue weighted by Crippen LogP contribution is -2.51. The third kappa shape index (κ3) is 3.85. The number of nitrogens with zero attached hydrogens (tertiary/aromatic N) is 4. The highest BCUT2D eigenvalue weighted by Gasteiger charge is 2.33. The van der Waals surface area contributed by atoms with E-state index >= 15 is 0 Å². The summed E-state index contributed by atoms with van der Waals surface area (Å²) in [7, 11) is -3.36. The highest BCUT2D eigenvalue weighted by molar-refractivity contribution is 7.86.